The molecule has 0 bridgehead atoms. The predicted octanol–water partition coefficient (Wildman–Crippen LogP) is -2.33. The van der Waals surface area contributed by atoms with Gasteiger partial charge >= 0.3 is 0 Å². The second-order valence-corrected chi connectivity index (χ2v) is 3.56. The summed E-state index contributed by atoms with van der Waals surface area (Å²) < 4.78 is 6.47. The van der Waals surface area contributed by atoms with E-state index in [1.54, 1.807) is 0 Å². The first kappa shape index (κ1) is 11.0. The van der Waals surface area contributed by atoms with Crippen molar-refractivity contribution in [3.8, 4) is 0 Å². The second-order valence-electron chi connectivity index (χ2n) is 3.56. The molecule has 8 nitrogen and oxygen atoms in total. The Hall–Kier alpha value is -1.51. The summed E-state index contributed by atoms with van der Waals surface area (Å²) in [6.45, 7) is -0.0665. The van der Waals surface area contributed by atoms with Gasteiger partial charge in [0.15, 0.2) is 5.69 Å². The molecule has 0 aliphatic carbocycles. The summed E-state index contributed by atoms with van der Waals surface area (Å²) in [6.07, 6.45) is -0.169. The van der Waals surface area contributed by atoms with Crippen molar-refractivity contribution in [1.29, 1.82) is 0 Å². The Balaban J connectivity index is 2.15. The number of hydrogen-bond donors (Lipinski definition) is 3. The van der Waals surface area contributed by atoms with Crippen LogP contribution in [0.2, 0.25) is 0 Å². The van der Waals surface area contributed by atoms with Gasteiger partial charge in [0.25, 0.3) is 5.91 Å². The van der Waals surface area contributed by atoms with Crippen molar-refractivity contribution < 1.29 is 19.7 Å². The highest BCUT2D eigenvalue weighted by Gasteiger charge is 2.37. The van der Waals surface area contributed by atoms with Crippen molar-refractivity contribution in [3.05, 3.63) is 11.9 Å². The molecule has 1 saturated heterocycles. The lowest BCUT2D eigenvalue weighted by Gasteiger charge is -2.14. The van der Waals surface area contributed by atoms with E-state index in [0.717, 1.165) is 0 Å². The van der Waals surface area contributed by atoms with Crippen LogP contribution in [0.4, 0.5) is 0 Å². The normalized spacial score (nSPS) is 29.5. The second kappa shape index (κ2) is 4.16. The minimum atomic E-state index is -0.882. The molecular weight excluding hydrogens is 216 g/mol. The van der Waals surface area contributed by atoms with Gasteiger partial charge in [0.1, 0.15) is 18.2 Å². The number of rotatable bonds is 3. The SMILES string of the molecule is NC(=O)c1cn([C@H]2CO[C@@H](CO)[C@@H]2O)nn1. The number of ether oxygens (including phenoxy) is 1. The van der Waals surface area contributed by atoms with Crippen LogP contribution in [-0.2, 0) is 4.74 Å². The molecule has 1 fully saturated rings. The summed E-state index contributed by atoms with van der Waals surface area (Å²) in [5, 5.41) is 25.9. The summed E-state index contributed by atoms with van der Waals surface area (Å²) >= 11 is 0. The molecular formula is C8H12N4O4. The van der Waals surface area contributed by atoms with Crippen LogP contribution in [0.25, 0.3) is 0 Å². The number of primary amides is 1. The molecule has 1 aliphatic heterocycles. The zero-order chi connectivity index (χ0) is 11.7. The van der Waals surface area contributed by atoms with Crippen molar-refractivity contribution in [2.75, 3.05) is 13.2 Å². The Morgan fingerprint density at radius 2 is 2.50 bits per heavy atom. The van der Waals surface area contributed by atoms with Gasteiger partial charge in [-0.15, -0.1) is 5.10 Å². The minimum absolute atomic E-state index is 0.0275. The third kappa shape index (κ3) is 1.77. The molecule has 2 heterocycles. The van der Waals surface area contributed by atoms with Crippen LogP contribution >= 0.6 is 0 Å². The van der Waals surface area contributed by atoms with Gasteiger partial charge in [-0.1, -0.05) is 5.21 Å². The Morgan fingerprint density at radius 3 is 3.00 bits per heavy atom. The number of aliphatic hydroxyl groups excluding tert-OH is 2. The fourth-order valence-electron chi connectivity index (χ4n) is 1.61. The maximum Gasteiger partial charge on any atom is 0.270 e. The Bertz CT molecular complexity index is 393. The van der Waals surface area contributed by atoms with Gasteiger partial charge in [-0.3, -0.25) is 4.79 Å². The van der Waals surface area contributed by atoms with E-state index in [1.807, 2.05) is 0 Å². The molecule has 2 rings (SSSR count). The maximum atomic E-state index is 10.8. The number of carbonyl (C=O) groups excluding carboxylic acids is 1. The van der Waals surface area contributed by atoms with Crippen molar-refractivity contribution >= 4 is 5.91 Å². The van der Waals surface area contributed by atoms with Crippen molar-refractivity contribution in [2.24, 2.45) is 5.73 Å². The first-order valence-electron chi connectivity index (χ1n) is 4.75. The third-order valence-corrected chi connectivity index (χ3v) is 2.54. The zero-order valence-electron chi connectivity index (χ0n) is 8.35. The van der Waals surface area contributed by atoms with Gasteiger partial charge in [-0.25, -0.2) is 4.68 Å². The van der Waals surface area contributed by atoms with Gasteiger partial charge in [0, 0.05) is 0 Å². The van der Waals surface area contributed by atoms with E-state index in [0.29, 0.717) is 0 Å². The average Bonchev–Trinajstić information content (AvgIpc) is 2.83. The lowest BCUT2D eigenvalue weighted by Crippen LogP contribution is -2.31. The molecule has 88 valence electrons. The largest absolute Gasteiger partial charge is 0.394 e. The third-order valence-electron chi connectivity index (χ3n) is 2.54. The quantitative estimate of drug-likeness (QED) is 0.533. The smallest absolute Gasteiger partial charge is 0.270 e. The molecule has 8 heteroatoms. The molecule has 1 amide bonds. The highest BCUT2D eigenvalue weighted by Crippen LogP contribution is 2.23. The molecule has 16 heavy (non-hydrogen) atoms. The van der Waals surface area contributed by atoms with E-state index in [1.165, 1.54) is 10.9 Å². The number of hydrogen-bond acceptors (Lipinski definition) is 6. The number of amides is 1. The van der Waals surface area contributed by atoms with Gasteiger partial charge < -0.3 is 20.7 Å². The highest BCUT2D eigenvalue weighted by atomic mass is 16.5. The standard InChI is InChI=1S/C8H12N4O4/c9-8(15)4-1-12(11-10-4)5-3-16-6(2-13)7(5)14/h1,5-7,13-14H,2-3H2,(H2,9,15)/t5-,6-,7+/m0/s1. The van der Waals surface area contributed by atoms with Crippen molar-refractivity contribution in [1.82, 2.24) is 15.0 Å². The number of carbonyl (C=O) groups is 1. The molecule has 1 aromatic heterocycles. The molecule has 4 N–H and O–H groups in total. The van der Waals surface area contributed by atoms with Crippen LogP contribution in [0, 0.1) is 0 Å². The van der Waals surface area contributed by atoms with Crippen LogP contribution in [0.1, 0.15) is 16.5 Å². The lowest BCUT2D eigenvalue weighted by molar-refractivity contribution is 0.00168. The monoisotopic (exact) mass is 228 g/mol. The molecule has 0 radical (unpaired) electrons. The molecule has 0 saturated carbocycles. The van der Waals surface area contributed by atoms with Crippen LogP contribution in [0.3, 0.4) is 0 Å². The summed E-state index contributed by atoms with van der Waals surface area (Å²) in [4.78, 5) is 10.8. The topological polar surface area (TPSA) is 123 Å². The summed E-state index contributed by atoms with van der Waals surface area (Å²) in [5.41, 5.74) is 5.05. The summed E-state index contributed by atoms with van der Waals surface area (Å²) in [6, 6.07) is -0.460. The van der Waals surface area contributed by atoms with E-state index >= 15 is 0 Å². The molecule has 1 aromatic rings. The highest BCUT2D eigenvalue weighted by molar-refractivity contribution is 5.90. The first-order chi connectivity index (χ1) is 7.63. The molecule has 3 atom stereocenters. The van der Waals surface area contributed by atoms with E-state index in [9.17, 15) is 9.90 Å². The lowest BCUT2D eigenvalue weighted by atomic mass is 10.1. The van der Waals surface area contributed by atoms with E-state index in [2.05, 4.69) is 10.3 Å². The maximum absolute atomic E-state index is 10.8. The fraction of sp³-hybridized carbons (Fsp3) is 0.625. The molecule has 1 aliphatic rings. The van der Waals surface area contributed by atoms with Crippen molar-refractivity contribution in [3.63, 3.8) is 0 Å². The number of aromatic nitrogens is 3. The van der Waals surface area contributed by atoms with Crippen LogP contribution in [0.15, 0.2) is 6.20 Å². The molecule has 0 unspecified atom stereocenters. The van der Waals surface area contributed by atoms with Crippen LogP contribution < -0.4 is 5.73 Å². The fourth-order valence-corrected chi connectivity index (χ4v) is 1.61. The number of aliphatic hydroxyl groups is 2. The van der Waals surface area contributed by atoms with Gasteiger partial charge in [-0.2, -0.15) is 0 Å². The van der Waals surface area contributed by atoms with Crippen LogP contribution in [0.5, 0.6) is 0 Å². The summed E-state index contributed by atoms with van der Waals surface area (Å²) in [7, 11) is 0. The number of nitrogens with zero attached hydrogens (tertiary/aromatic N) is 3. The van der Waals surface area contributed by atoms with E-state index in [4.69, 9.17) is 15.6 Å². The Labute approximate surface area is 90.6 Å². The first-order valence-corrected chi connectivity index (χ1v) is 4.75. The van der Waals surface area contributed by atoms with Gasteiger partial charge in [0.05, 0.1) is 19.4 Å². The average molecular weight is 228 g/mol. The summed E-state index contributed by atoms with van der Waals surface area (Å²) in [5.74, 6) is -0.682. The predicted molar refractivity (Wildman–Crippen MR) is 50.4 cm³/mol. The van der Waals surface area contributed by atoms with Crippen LogP contribution in [-0.4, -0.2) is 56.5 Å². The molecule has 0 aromatic carbocycles. The van der Waals surface area contributed by atoms with Crippen molar-refractivity contribution in [2.45, 2.75) is 18.2 Å². The zero-order valence-corrected chi connectivity index (χ0v) is 8.35. The number of nitrogens with two attached hydrogens (primary N) is 1. The molecule has 0 spiro atoms. The van der Waals surface area contributed by atoms with Gasteiger partial charge in [0.2, 0.25) is 0 Å². The Morgan fingerprint density at radius 1 is 1.75 bits per heavy atom. The van der Waals surface area contributed by atoms with E-state index in [-0.39, 0.29) is 18.9 Å². The Kier molecular flexibility index (Phi) is 2.86. The minimum Gasteiger partial charge on any atom is -0.394 e. The van der Waals surface area contributed by atoms with Gasteiger partial charge in [-0.05, 0) is 0 Å². The van der Waals surface area contributed by atoms with E-state index < -0.39 is 24.2 Å².